The quantitative estimate of drug-likeness (QED) is 0.177. The molecule has 7 saturated heterocycles. The Kier molecular flexibility index (Phi) is 12.1. The minimum Gasteiger partial charge on any atom is -0.479 e. The molecule has 2 unspecified atom stereocenters. The second-order valence-electron chi connectivity index (χ2n) is 22.0. The van der Waals surface area contributed by atoms with Crippen molar-refractivity contribution in [1.29, 1.82) is 0 Å². The zero-order valence-corrected chi connectivity index (χ0v) is 37.8. The van der Waals surface area contributed by atoms with E-state index in [9.17, 15) is 15.0 Å². The molecule has 0 radical (unpaired) electrons. The number of hydrogen-bond acceptors (Lipinski definition) is 11. The van der Waals surface area contributed by atoms with Gasteiger partial charge < -0.3 is 53.8 Å². The number of aliphatic hydroxyl groups is 2. The predicted molar refractivity (Wildman–Crippen MR) is 227 cm³/mol. The van der Waals surface area contributed by atoms with Crippen molar-refractivity contribution < 1.29 is 53.3 Å². The SMILES string of the molecule is C=C(C[C@]12C[C@@H](C)C[C@@H](O1)[C@@H]1C[C@]3(C[C@H]1O2)NC[C@H](C)C[C@@H]3C)[C@H]1OC([C@H](O)C2C[C@H]3O[C@@]4(CC[C@]5(CC(C)=C[C@@H](/C=C/C[C@H](O)C(=O)O)O5)O4)[C@H](C)C[C@H]3O2)[C@H](C)C[C@@H]1C. The molecular weight excluding hydrogens is 779 g/mol. The summed E-state index contributed by atoms with van der Waals surface area (Å²) in [5, 5.41) is 34.9. The molecule has 0 aromatic rings. The van der Waals surface area contributed by atoms with E-state index in [0.29, 0.717) is 55.8 Å². The van der Waals surface area contributed by atoms with E-state index in [2.05, 4.69) is 60.4 Å². The molecule has 9 aliphatic rings. The van der Waals surface area contributed by atoms with Gasteiger partial charge in [0.2, 0.25) is 0 Å². The van der Waals surface area contributed by atoms with Gasteiger partial charge in [-0.15, -0.1) is 0 Å². The summed E-state index contributed by atoms with van der Waals surface area (Å²) in [6, 6.07) is 0. The van der Waals surface area contributed by atoms with Crippen LogP contribution >= 0.6 is 0 Å². The minimum atomic E-state index is -1.46. The van der Waals surface area contributed by atoms with Gasteiger partial charge in [0.05, 0.1) is 48.8 Å². The highest BCUT2D eigenvalue weighted by Crippen LogP contribution is 2.57. The Bertz CT molecular complexity index is 1720. The maximum Gasteiger partial charge on any atom is 0.332 e. The van der Waals surface area contributed by atoms with Crippen LogP contribution in [0.4, 0.5) is 0 Å². The molecule has 1 saturated carbocycles. The van der Waals surface area contributed by atoms with Gasteiger partial charge in [0.15, 0.2) is 23.5 Å². The number of nitrogens with one attached hydrogen (secondary N) is 1. The minimum absolute atomic E-state index is 0.00193. The monoisotopic (exact) mass is 854 g/mol. The van der Waals surface area contributed by atoms with Crippen LogP contribution in [0.3, 0.4) is 0 Å². The van der Waals surface area contributed by atoms with Gasteiger partial charge >= 0.3 is 5.97 Å². The summed E-state index contributed by atoms with van der Waals surface area (Å²) in [6.07, 6.45) is 11.7. The third-order valence-corrected chi connectivity index (χ3v) is 16.8. The summed E-state index contributed by atoms with van der Waals surface area (Å²) in [6.45, 7) is 21.5. The highest BCUT2D eigenvalue weighted by Gasteiger charge is 2.63. The standard InChI is InChI=1S/C49H75NO11/c1-26-15-34(10-9-11-36(51)45(53)54)57-47(20-26)12-13-49(61-47)33(8)18-38-39(60-49)19-40(55-38)42(52)44-30(5)17-29(4)43(56-44)31(6)22-48-21-27(2)16-37(58-48)35-23-46(24-41(35)59-48)32(7)14-28(3)25-50-46/h9-10,15,27-30,32-44,50-52H,6,11-14,16-25H2,1-5,7-8H3,(H,53,54)/b10-9+/t27-,28+,29-,30+,32-,33+,34+,35-,36-,37+,38+,39+,40?,41+,42+,43-,44?,46+,47+,48+,49+/m0/s1. The van der Waals surface area contributed by atoms with E-state index < -0.39 is 53.9 Å². The summed E-state index contributed by atoms with van der Waals surface area (Å²) in [5.41, 5.74) is 2.24. The molecule has 61 heavy (non-hydrogen) atoms. The lowest BCUT2D eigenvalue weighted by molar-refractivity contribution is -0.366. The lowest BCUT2D eigenvalue weighted by Crippen LogP contribution is -2.57. The topological polar surface area (TPSA) is 154 Å². The predicted octanol–water partition coefficient (Wildman–Crippen LogP) is 6.96. The fourth-order valence-electron chi connectivity index (χ4n) is 13.9. The second kappa shape index (κ2) is 16.6. The maximum absolute atomic E-state index is 12.1. The van der Waals surface area contributed by atoms with Crippen molar-refractivity contribution in [2.45, 2.75) is 216 Å². The van der Waals surface area contributed by atoms with Gasteiger partial charge in [-0.2, -0.15) is 0 Å². The number of ether oxygens (including phenoxy) is 7. The molecule has 12 heteroatoms. The van der Waals surface area contributed by atoms with Crippen LogP contribution < -0.4 is 5.32 Å². The number of aliphatic carboxylic acids is 1. The molecule has 1 aliphatic carbocycles. The molecule has 8 heterocycles. The van der Waals surface area contributed by atoms with Gasteiger partial charge in [-0.3, -0.25) is 0 Å². The number of carboxylic acid groups (broad SMARTS) is 1. The molecular formula is C49H75NO11. The molecule has 0 aromatic carbocycles. The first-order valence-corrected chi connectivity index (χ1v) is 24.0. The molecule has 342 valence electrons. The van der Waals surface area contributed by atoms with Crippen LogP contribution in [0.15, 0.2) is 36.0 Å². The van der Waals surface area contributed by atoms with Crippen LogP contribution in [0.5, 0.6) is 0 Å². The molecule has 0 amide bonds. The van der Waals surface area contributed by atoms with E-state index in [0.717, 1.165) is 56.2 Å². The molecule has 21 atom stereocenters. The molecule has 2 bridgehead atoms. The molecule has 0 aromatic heterocycles. The van der Waals surface area contributed by atoms with Gasteiger partial charge in [-0.1, -0.05) is 71.9 Å². The Morgan fingerprint density at radius 2 is 1.66 bits per heavy atom. The molecule has 12 nitrogen and oxygen atoms in total. The smallest absolute Gasteiger partial charge is 0.332 e. The summed E-state index contributed by atoms with van der Waals surface area (Å²) in [4.78, 5) is 11.1. The molecule has 3 spiro atoms. The zero-order valence-electron chi connectivity index (χ0n) is 37.8. The van der Waals surface area contributed by atoms with Gasteiger partial charge in [0.25, 0.3) is 0 Å². The van der Waals surface area contributed by atoms with Gasteiger partial charge in [0.1, 0.15) is 6.10 Å². The van der Waals surface area contributed by atoms with Crippen molar-refractivity contribution in [3.05, 3.63) is 36.0 Å². The van der Waals surface area contributed by atoms with E-state index in [1.54, 1.807) is 12.2 Å². The summed E-state index contributed by atoms with van der Waals surface area (Å²) in [7, 11) is 0. The summed E-state index contributed by atoms with van der Waals surface area (Å²) < 4.78 is 48.2. The van der Waals surface area contributed by atoms with Crippen LogP contribution in [0.25, 0.3) is 0 Å². The van der Waals surface area contributed by atoms with Gasteiger partial charge in [-0.25, -0.2) is 4.79 Å². The number of hydrogen-bond donors (Lipinski definition) is 4. The number of piperidine rings is 1. The Balaban J connectivity index is 0.831. The van der Waals surface area contributed by atoms with E-state index in [-0.39, 0.29) is 60.2 Å². The Morgan fingerprint density at radius 3 is 2.43 bits per heavy atom. The van der Waals surface area contributed by atoms with Crippen LogP contribution in [-0.4, -0.2) is 112 Å². The molecule has 8 aliphatic heterocycles. The summed E-state index contributed by atoms with van der Waals surface area (Å²) >= 11 is 0. The van der Waals surface area contributed by atoms with Gasteiger partial charge in [-0.05, 0) is 87.2 Å². The first kappa shape index (κ1) is 44.5. The lowest BCUT2D eigenvalue weighted by Gasteiger charge is -2.53. The Hall–Kier alpha value is -1.71. The largest absolute Gasteiger partial charge is 0.479 e. The first-order valence-electron chi connectivity index (χ1n) is 24.0. The number of fused-ring (bicyclic) bond motifs is 5. The Morgan fingerprint density at radius 1 is 0.869 bits per heavy atom. The van der Waals surface area contributed by atoms with Crippen LogP contribution in [0.2, 0.25) is 0 Å². The molecule has 9 rings (SSSR count). The van der Waals surface area contributed by atoms with E-state index in [4.69, 9.17) is 38.3 Å². The van der Waals surface area contributed by atoms with Crippen molar-refractivity contribution in [3.63, 3.8) is 0 Å². The number of carbonyl (C=O) groups is 1. The van der Waals surface area contributed by atoms with Gasteiger partial charge in [0, 0.05) is 62.3 Å². The third kappa shape index (κ3) is 8.40. The highest BCUT2D eigenvalue weighted by atomic mass is 16.8. The Labute approximate surface area is 363 Å². The number of aliphatic hydroxyl groups excluding tert-OH is 2. The average molecular weight is 854 g/mol. The van der Waals surface area contributed by atoms with Crippen molar-refractivity contribution in [2.24, 2.45) is 41.4 Å². The van der Waals surface area contributed by atoms with Crippen molar-refractivity contribution in [3.8, 4) is 0 Å². The second-order valence-corrected chi connectivity index (χ2v) is 22.0. The molecule has 8 fully saturated rings. The first-order chi connectivity index (χ1) is 28.9. The van der Waals surface area contributed by atoms with Crippen LogP contribution in [0.1, 0.15) is 132 Å². The highest BCUT2D eigenvalue weighted by molar-refractivity contribution is 5.72. The summed E-state index contributed by atoms with van der Waals surface area (Å²) in [5.74, 6) is -1.06. The van der Waals surface area contributed by atoms with Crippen LogP contribution in [-0.2, 0) is 38.0 Å². The van der Waals surface area contributed by atoms with E-state index in [1.807, 2.05) is 6.08 Å². The van der Waals surface area contributed by atoms with Crippen molar-refractivity contribution in [2.75, 3.05) is 6.54 Å². The zero-order chi connectivity index (χ0) is 43.2. The fraction of sp³-hybridized carbons (Fsp3) is 0.857. The van der Waals surface area contributed by atoms with E-state index >= 15 is 0 Å². The third-order valence-electron chi connectivity index (χ3n) is 16.8. The number of rotatable bonds is 9. The van der Waals surface area contributed by atoms with Crippen molar-refractivity contribution in [1.82, 2.24) is 5.32 Å². The normalized spacial score (nSPS) is 51.7. The fourth-order valence-corrected chi connectivity index (χ4v) is 13.9. The average Bonchev–Trinajstić information content (AvgIpc) is 3.86. The lowest BCUT2D eigenvalue weighted by atomic mass is 9.74. The van der Waals surface area contributed by atoms with Crippen LogP contribution in [0, 0.1) is 41.4 Å². The maximum atomic E-state index is 12.1. The van der Waals surface area contributed by atoms with Crippen molar-refractivity contribution >= 4 is 5.97 Å². The number of carboxylic acids is 1. The van der Waals surface area contributed by atoms with E-state index in [1.165, 1.54) is 6.42 Å². The molecule has 4 N–H and O–H groups in total.